The first-order chi connectivity index (χ1) is 12.5. The lowest BCUT2D eigenvalue weighted by atomic mass is 9.91. The molecule has 2 aliphatic rings. The molecule has 2 rings (SSSR count). The lowest BCUT2D eigenvalue weighted by molar-refractivity contribution is -0.0721. The molecule has 5 nitrogen and oxygen atoms in total. The molecule has 1 unspecified atom stereocenters. The highest BCUT2D eigenvalue weighted by molar-refractivity contribution is 5.80. The number of hydrogen-bond acceptors (Lipinski definition) is 3. The first-order valence-corrected chi connectivity index (χ1v) is 10.7. The predicted octanol–water partition coefficient (Wildman–Crippen LogP) is 3.83. The number of ether oxygens (including phenoxy) is 2. The molecule has 0 bridgehead atoms. The van der Waals surface area contributed by atoms with Crippen LogP contribution in [0, 0.1) is 5.41 Å². The van der Waals surface area contributed by atoms with Crippen LogP contribution in [-0.2, 0) is 9.47 Å². The molecule has 0 aliphatic carbocycles. The molecule has 0 amide bonds. The van der Waals surface area contributed by atoms with Crippen molar-refractivity contribution in [1.82, 2.24) is 10.2 Å². The monoisotopic (exact) mass is 367 g/mol. The van der Waals surface area contributed by atoms with Crippen LogP contribution in [0.5, 0.6) is 0 Å². The Labute approximate surface area is 160 Å². The summed E-state index contributed by atoms with van der Waals surface area (Å²) in [6.45, 7) is 14.6. The number of aliphatic imine (C=N–C) groups is 1. The molecular formula is C21H41N3O2. The summed E-state index contributed by atoms with van der Waals surface area (Å²) in [4.78, 5) is 7.26. The van der Waals surface area contributed by atoms with Crippen LogP contribution >= 0.6 is 0 Å². The van der Waals surface area contributed by atoms with Gasteiger partial charge in [-0.25, -0.2) is 0 Å². The van der Waals surface area contributed by atoms with Crippen LogP contribution < -0.4 is 5.32 Å². The van der Waals surface area contributed by atoms with E-state index >= 15 is 0 Å². The smallest absolute Gasteiger partial charge is 0.193 e. The number of hydrogen-bond donors (Lipinski definition) is 1. The van der Waals surface area contributed by atoms with E-state index in [9.17, 15) is 0 Å². The molecule has 0 saturated carbocycles. The van der Waals surface area contributed by atoms with Gasteiger partial charge in [-0.2, -0.15) is 0 Å². The Hall–Kier alpha value is -0.810. The van der Waals surface area contributed by atoms with Gasteiger partial charge in [-0.15, -0.1) is 0 Å². The Morgan fingerprint density at radius 3 is 2.58 bits per heavy atom. The van der Waals surface area contributed by atoms with Gasteiger partial charge < -0.3 is 19.7 Å². The molecule has 0 aromatic carbocycles. The normalized spacial score (nSPS) is 23.3. The first-order valence-electron chi connectivity index (χ1n) is 10.7. The zero-order valence-electron chi connectivity index (χ0n) is 17.6. The van der Waals surface area contributed by atoms with Gasteiger partial charge in [-0.1, -0.05) is 20.8 Å². The van der Waals surface area contributed by atoms with Gasteiger partial charge in [0.2, 0.25) is 0 Å². The van der Waals surface area contributed by atoms with E-state index in [2.05, 4.69) is 37.9 Å². The average molecular weight is 368 g/mol. The molecular weight excluding hydrogens is 326 g/mol. The molecule has 5 heteroatoms. The van der Waals surface area contributed by atoms with Gasteiger partial charge in [-0.05, 0) is 57.3 Å². The fraction of sp³-hybridized carbons (Fsp3) is 0.952. The lowest BCUT2D eigenvalue weighted by Crippen LogP contribution is -2.47. The van der Waals surface area contributed by atoms with Gasteiger partial charge in [-0.3, -0.25) is 4.99 Å². The van der Waals surface area contributed by atoms with E-state index in [-0.39, 0.29) is 0 Å². The van der Waals surface area contributed by atoms with E-state index in [0.29, 0.717) is 17.6 Å². The minimum Gasteiger partial charge on any atom is -0.376 e. The van der Waals surface area contributed by atoms with Crippen LogP contribution in [0.15, 0.2) is 4.99 Å². The van der Waals surface area contributed by atoms with Crippen LogP contribution in [0.1, 0.15) is 72.6 Å². The van der Waals surface area contributed by atoms with Gasteiger partial charge >= 0.3 is 0 Å². The molecule has 1 atom stereocenters. The molecule has 2 fully saturated rings. The van der Waals surface area contributed by atoms with Crippen molar-refractivity contribution in [3.05, 3.63) is 0 Å². The summed E-state index contributed by atoms with van der Waals surface area (Å²) in [6.07, 6.45) is 8.88. The molecule has 0 spiro atoms. The number of rotatable bonds is 7. The van der Waals surface area contributed by atoms with Crippen molar-refractivity contribution in [2.24, 2.45) is 10.4 Å². The fourth-order valence-electron chi connectivity index (χ4n) is 3.64. The summed E-state index contributed by atoms with van der Waals surface area (Å²) in [5.41, 5.74) is 0.394. The van der Waals surface area contributed by atoms with Crippen molar-refractivity contribution in [3.63, 3.8) is 0 Å². The van der Waals surface area contributed by atoms with Crippen molar-refractivity contribution in [3.8, 4) is 0 Å². The summed E-state index contributed by atoms with van der Waals surface area (Å²) in [7, 11) is 0. The van der Waals surface area contributed by atoms with Crippen LogP contribution in [0.4, 0.5) is 0 Å². The highest BCUT2D eigenvalue weighted by atomic mass is 16.5. The second-order valence-corrected chi connectivity index (χ2v) is 8.91. The van der Waals surface area contributed by atoms with E-state index < -0.39 is 0 Å². The molecule has 2 heterocycles. The first kappa shape index (κ1) is 21.5. The topological polar surface area (TPSA) is 46.1 Å². The van der Waals surface area contributed by atoms with Crippen molar-refractivity contribution in [1.29, 1.82) is 0 Å². The molecule has 2 aliphatic heterocycles. The van der Waals surface area contributed by atoms with Gasteiger partial charge in [0, 0.05) is 32.8 Å². The van der Waals surface area contributed by atoms with Gasteiger partial charge in [0.05, 0.1) is 18.8 Å². The third kappa shape index (κ3) is 8.26. The Kier molecular flexibility index (Phi) is 9.20. The maximum absolute atomic E-state index is 6.13. The number of nitrogens with one attached hydrogen (secondary N) is 1. The van der Waals surface area contributed by atoms with E-state index in [1.807, 2.05) is 0 Å². The summed E-state index contributed by atoms with van der Waals surface area (Å²) in [6, 6.07) is 0. The molecule has 1 N–H and O–H groups in total. The minimum absolute atomic E-state index is 0.323. The Morgan fingerprint density at radius 1 is 1.19 bits per heavy atom. The van der Waals surface area contributed by atoms with Crippen LogP contribution in [0.2, 0.25) is 0 Å². The van der Waals surface area contributed by atoms with Crippen molar-refractivity contribution < 1.29 is 9.47 Å². The largest absolute Gasteiger partial charge is 0.376 e. The van der Waals surface area contributed by atoms with E-state index in [0.717, 1.165) is 71.0 Å². The summed E-state index contributed by atoms with van der Waals surface area (Å²) >= 11 is 0. The summed E-state index contributed by atoms with van der Waals surface area (Å²) in [5.74, 6) is 1.08. The lowest BCUT2D eigenvalue weighted by Gasteiger charge is -2.35. The highest BCUT2D eigenvalue weighted by Gasteiger charge is 2.23. The van der Waals surface area contributed by atoms with E-state index in [4.69, 9.17) is 14.5 Å². The third-order valence-corrected chi connectivity index (χ3v) is 5.21. The molecule has 152 valence electrons. The number of likely N-dealkylation sites (tertiary alicyclic amines) is 1. The van der Waals surface area contributed by atoms with Gasteiger partial charge in [0.15, 0.2) is 5.96 Å². The molecule has 0 aromatic rings. The van der Waals surface area contributed by atoms with Crippen molar-refractivity contribution in [2.75, 3.05) is 39.4 Å². The second kappa shape index (κ2) is 11.1. The highest BCUT2D eigenvalue weighted by Crippen LogP contribution is 2.21. The third-order valence-electron chi connectivity index (χ3n) is 5.21. The van der Waals surface area contributed by atoms with E-state index in [1.54, 1.807) is 0 Å². The van der Waals surface area contributed by atoms with Crippen LogP contribution in [-0.4, -0.2) is 62.5 Å². The van der Waals surface area contributed by atoms with E-state index in [1.165, 1.54) is 19.3 Å². The standard InChI is InChI=1S/C21H41N3O2/c1-5-22-20(23-13-8-12-21(2,3)4)24-14-10-18(11-15-24)26-17-19-9-6-7-16-25-19/h18-19H,5-17H2,1-4H3,(H,22,23). The van der Waals surface area contributed by atoms with Crippen molar-refractivity contribution >= 4 is 5.96 Å². The van der Waals surface area contributed by atoms with Crippen molar-refractivity contribution in [2.45, 2.75) is 84.8 Å². The second-order valence-electron chi connectivity index (χ2n) is 8.91. The Bertz CT molecular complexity index is 406. The number of piperidine rings is 1. The molecule has 2 saturated heterocycles. The maximum atomic E-state index is 6.13. The predicted molar refractivity (Wildman–Crippen MR) is 109 cm³/mol. The molecule has 26 heavy (non-hydrogen) atoms. The molecule has 0 radical (unpaired) electrons. The Morgan fingerprint density at radius 2 is 1.96 bits per heavy atom. The number of guanidine groups is 1. The van der Waals surface area contributed by atoms with Gasteiger partial charge in [0.1, 0.15) is 0 Å². The SMILES string of the molecule is CCNC(=NCCCC(C)(C)C)N1CCC(OCC2CCCCO2)CC1. The van der Waals surface area contributed by atoms with Crippen LogP contribution in [0.25, 0.3) is 0 Å². The minimum atomic E-state index is 0.323. The quantitative estimate of drug-likeness (QED) is 0.422. The number of nitrogens with zero attached hydrogens (tertiary/aromatic N) is 2. The zero-order valence-corrected chi connectivity index (χ0v) is 17.6. The summed E-state index contributed by atoms with van der Waals surface area (Å²) < 4.78 is 11.9. The summed E-state index contributed by atoms with van der Waals surface area (Å²) in [5, 5.41) is 3.46. The molecule has 0 aromatic heterocycles. The van der Waals surface area contributed by atoms with Crippen LogP contribution in [0.3, 0.4) is 0 Å². The average Bonchev–Trinajstić information content (AvgIpc) is 2.63. The van der Waals surface area contributed by atoms with Gasteiger partial charge in [0.25, 0.3) is 0 Å². The maximum Gasteiger partial charge on any atom is 0.193 e. The fourth-order valence-corrected chi connectivity index (χ4v) is 3.64. The zero-order chi connectivity index (χ0) is 18.8. The Balaban J connectivity index is 1.70.